The maximum absolute atomic E-state index is 10.0. The van der Waals surface area contributed by atoms with Gasteiger partial charge in [0.25, 0.3) is 0 Å². The summed E-state index contributed by atoms with van der Waals surface area (Å²) in [7, 11) is 0. The Labute approximate surface area is 139 Å². The minimum Gasteiger partial charge on any atom is -0.393 e. The van der Waals surface area contributed by atoms with Crippen molar-refractivity contribution in [2.75, 3.05) is 39.3 Å². The van der Waals surface area contributed by atoms with Crippen LogP contribution in [-0.2, 0) is 0 Å². The van der Waals surface area contributed by atoms with Crippen molar-refractivity contribution >= 4 is 0 Å². The molecule has 3 nitrogen and oxygen atoms in total. The summed E-state index contributed by atoms with van der Waals surface area (Å²) < 4.78 is 0. The van der Waals surface area contributed by atoms with E-state index < -0.39 is 0 Å². The van der Waals surface area contributed by atoms with Crippen LogP contribution in [0.3, 0.4) is 0 Å². The molecule has 0 unspecified atom stereocenters. The van der Waals surface area contributed by atoms with E-state index in [1.54, 1.807) is 0 Å². The van der Waals surface area contributed by atoms with Gasteiger partial charge in [-0.05, 0) is 44.2 Å². The third-order valence-corrected chi connectivity index (χ3v) is 4.89. The normalized spacial score (nSPS) is 19.5. The predicted molar refractivity (Wildman–Crippen MR) is 96.3 cm³/mol. The van der Waals surface area contributed by atoms with Crippen molar-refractivity contribution < 1.29 is 5.11 Å². The summed E-state index contributed by atoms with van der Waals surface area (Å²) in [5.74, 6) is 0. The Morgan fingerprint density at radius 2 is 1.45 bits per heavy atom. The topological polar surface area (TPSA) is 26.7 Å². The molecule has 3 heteroatoms. The third kappa shape index (κ3) is 9.81. The highest BCUT2D eigenvalue weighted by atomic mass is 16.3. The molecule has 1 heterocycles. The van der Waals surface area contributed by atoms with Gasteiger partial charge >= 0.3 is 0 Å². The maximum Gasteiger partial charge on any atom is 0.0540 e. The van der Waals surface area contributed by atoms with Crippen LogP contribution in [0.1, 0.15) is 72.6 Å². The Morgan fingerprint density at radius 3 is 2.05 bits per heavy atom. The summed E-state index contributed by atoms with van der Waals surface area (Å²) in [6.07, 6.45) is 8.02. The molecule has 1 atom stereocenters. The van der Waals surface area contributed by atoms with E-state index in [1.807, 2.05) is 0 Å². The summed E-state index contributed by atoms with van der Waals surface area (Å²) in [6, 6.07) is 0. The summed E-state index contributed by atoms with van der Waals surface area (Å²) in [5, 5.41) is 10.0. The van der Waals surface area contributed by atoms with Gasteiger partial charge in [0.2, 0.25) is 0 Å². The van der Waals surface area contributed by atoms with E-state index in [2.05, 4.69) is 37.5 Å². The van der Waals surface area contributed by atoms with Crippen molar-refractivity contribution in [2.45, 2.75) is 78.7 Å². The maximum atomic E-state index is 10.0. The molecule has 0 aromatic heterocycles. The van der Waals surface area contributed by atoms with Crippen molar-refractivity contribution in [3.8, 4) is 0 Å². The molecule has 0 aromatic rings. The zero-order valence-electron chi connectivity index (χ0n) is 15.6. The van der Waals surface area contributed by atoms with Crippen LogP contribution >= 0.6 is 0 Å². The highest BCUT2D eigenvalue weighted by molar-refractivity contribution is 4.71. The molecule has 132 valence electrons. The van der Waals surface area contributed by atoms with Gasteiger partial charge in [0, 0.05) is 26.2 Å². The lowest BCUT2D eigenvalue weighted by Crippen LogP contribution is -2.46. The second kappa shape index (κ2) is 10.6. The second-order valence-corrected chi connectivity index (χ2v) is 8.23. The molecule has 0 spiro atoms. The average Bonchev–Trinajstić information content (AvgIpc) is 2.46. The molecule has 0 saturated carbocycles. The lowest BCUT2D eigenvalue weighted by molar-refractivity contribution is 0.131. The first-order valence-corrected chi connectivity index (χ1v) is 9.53. The van der Waals surface area contributed by atoms with Gasteiger partial charge in [-0.3, -0.25) is 0 Å². The standard InChI is InChI=1S/C19H40N2O/c1-5-20-14-16-21(17-15-20)13-8-6-7-10-18(22)11-9-12-19(2,3)4/h18,22H,5-17H2,1-4H3/t18-/m0/s1. The van der Waals surface area contributed by atoms with Crippen LogP contribution in [0.25, 0.3) is 0 Å². The quantitative estimate of drug-likeness (QED) is 0.622. The monoisotopic (exact) mass is 312 g/mol. The predicted octanol–water partition coefficient (Wildman–Crippen LogP) is 3.76. The third-order valence-electron chi connectivity index (χ3n) is 4.89. The van der Waals surface area contributed by atoms with Gasteiger partial charge < -0.3 is 14.9 Å². The van der Waals surface area contributed by atoms with Gasteiger partial charge in [0.15, 0.2) is 0 Å². The molecule has 0 radical (unpaired) electrons. The van der Waals surface area contributed by atoms with E-state index in [0.717, 1.165) is 19.3 Å². The first kappa shape index (κ1) is 19.9. The van der Waals surface area contributed by atoms with Gasteiger partial charge in [-0.1, -0.05) is 47.0 Å². The van der Waals surface area contributed by atoms with Gasteiger partial charge in [-0.25, -0.2) is 0 Å². The Morgan fingerprint density at radius 1 is 0.864 bits per heavy atom. The molecular formula is C19H40N2O. The van der Waals surface area contributed by atoms with Crippen molar-refractivity contribution in [1.82, 2.24) is 9.80 Å². The number of aliphatic hydroxyl groups excluding tert-OH is 1. The number of likely N-dealkylation sites (N-methyl/N-ethyl adjacent to an activating group) is 1. The van der Waals surface area contributed by atoms with Crippen molar-refractivity contribution in [3.05, 3.63) is 0 Å². The summed E-state index contributed by atoms with van der Waals surface area (Å²) in [4.78, 5) is 5.14. The zero-order valence-corrected chi connectivity index (χ0v) is 15.6. The molecule has 1 N–H and O–H groups in total. The van der Waals surface area contributed by atoms with E-state index in [1.165, 1.54) is 65.0 Å². The number of rotatable bonds is 10. The summed E-state index contributed by atoms with van der Waals surface area (Å²) in [5.41, 5.74) is 0.404. The minimum absolute atomic E-state index is 0.0737. The van der Waals surface area contributed by atoms with Gasteiger partial charge in [0.05, 0.1) is 6.10 Å². The van der Waals surface area contributed by atoms with Gasteiger partial charge in [-0.15, -0.1) is 0 Å². The summed E-state index contributed by atoms with van der Waals surface area (Å²) in [6.45, 7) is 16.5. The number of unbranched alkanes of at least 4 members (excludes halogenated alkanes) is 2. The SMILES string of the molecule is CCN1CCN(CCCCC[C@H](O)CCCC(C)(C)C)CC1. The smallest absolute Gasteiger partial charge is 0.0540 e. The van der Waals surface area contributed by atoms with Crippen molar-refractivity contribution in [2.24, 2.45) is 5.41 Å². The van der Waals surface area contributed by atoms with E-state index in [-0.39, 0.29) is 6.10 Å². The Kier molecular flexibility index (Phi) is 9.62. The van der Waals surface area contributed by atoms with Gasteiger partial charge in [-0.2, -0.15) is 0 Å². The van der Waals surface area contributed by atoms with E-state index in [9.17, 15) is 5.11 Å². The molecule has 0 aromatic carbocycles. The lowest BCUT2D eigenvalue weighted by Gasteiger charge is -2.34. The molecular weight excluding hydrogens is 272 g/mol. The minimum atomic E-state index is -0.0737. The molecule has 1 saturated heterocycles. The number of nitrogens with zero attached hydrogens (tertiary/aromatic N) is 2. The molecule has 0 amide bonds. The Hall–Kier alpha value is -0.120. The van der Waals surface area contributed by atoms with Crippen LogP contribution in [0.2, 0.25) is 0 Å². The zero-order chi connectivity index (χ0) is 16.4. The Balaban J connectivity index is 1.92. The first-order chi connectivity index (χ1) is 10.4. The van der Waals surface area contributed by atoms with E-state index >= 15 is 0 Å². The highest BCUT2D eigenvalue weighted by Crippen LogP contribution is 2.22. The first-order valence-electron chi connectivity index (χ1n) is 9.53. The van der Waals surface area contributed by atoms with Crippen LogP contribution in [0.5, 0.6) is 0 Å². The largest absolute Gasteiger partial charge is 0.393 e. The highest BCUT2D eigenvalue weighted by Gasteiger charge is 2.15. The number of hydrogen-bond donors (Lipinski definition) is 1. The fourth-order valence-corrected chi connectivity index (χ4v) is 3.23. The Bertz CT molecular complexity index is 267. The van der Waals surface area contributed by atoms with Gasteiger partial charge in [0.1, 0.15) is 0 Å². The molecule has 1 aliphatic heterocycles. The van der Waals surface area contributed by atoms with Crippen LogP contribution < -0.4 is 0 Å². The number of piperazine rings is 1. The molecule has 1 fully saturated rings. The molecule has 1 aliphatic rings. The van der Waals surface area contributed by atoms with E-state index in [4.69, 9.17) is 0 Å². The average molecular weight is 313 g/mol. The summed E-state index contributed by atoms with van der Waals surface area (Å²) >= 11 is 0. The lowest BCUT2D eigenvalue weighted by atomic mass is 9.89. The molecule has 22 heavy (non-hydrogen) atoms. The van der Waals surface area contributed by atoms with Crippen LogP contribution in [-0.4, -0.2) is 60.3 Å². The fourth-order valence-electron chi connectivity index (χ4n) is 3.23. The second-order valence-electron chi connectivity index (χ2n) is 8.23. The molecule has 1 rings (SSSR count). The van der Waals surface area contributed by atoms with Crippen LogP contribution in [0, 0.1) is 5.41 Å². The number of aliphatic hydroxyl groups is 1. The molecule has 0 aliphatic carbocycles. The number of hydrogen-bond acceptors (Lipinski definition) is 3. The van der Waals surface area contributed by atoms with Crippen molar-refractivity contribution in [3.63, 3.8) is 0 Å². The van der Waals surface area contributed by atoms with Crippen LogP contribution in [0.4, 0.5) is 0 Å². The van der Waals surface area contributed by atoms with Crippen LogP contribution in [0.15, 0.2) is 0 Å². The fraction of sp³-hybridized carbons (Fsp3) is 1.00. The van der Waals surface area contributed by atoms with Crippen molar-refractivity contribution in [1.29, 1.82) is 0 Å². The van der Waals surface area contributed by atoms with E-state index in [0.29, 0.717) is 5.41 Å². The molecule has 0 bridgehead atoms.